The van der Waals surface area contributed by atoms with Crippen molar-refractivity contribution < 1.29 is 4.79 Å². The first-order valence-electron chi connectivity index (χ1n) is 5.96. The van der Waals surface area contributed by atoms with Crippen LogP contribution in [0, 0.1) is 0 Å². The molecule has 0 aromatic heterocycles. The van der Waals surface area contributed by atoms with Crippen molar-refractivity contribution >= 4 is 29.9 Å². The van der Waals surface area contributed by atoms with E-state index >= 15 is 0 Å². The van der Waals surface area contributed by atoms with E-state index in [9.17, 15) is 4.79 Å². The van der Waals surface area contributed by atoms with Gasteiger partial charge in [-0.05, 0) is 44.0 Å². The highest BCUT2D eigenvalue weighted by atomic mass is 35.5. The molecule has 1 aromatic rings. The van der Waals surface area contributed by atoms with Crippen LogP contribution < -0.4 is 10.6 Å². The summed E-state index contributed by atoms with van der Waals surface area (Å²) in [5.41, 5.74) is 1.03. The number of carbonyl (C=O) groups is 1. The van der Waals surface area contributed by atoms with Crippen molar-refractivity contribution in [1.82, 2.24) is 10.6 Å². The van der Waals surface area contributed by atoms with Crippen molar-refractivity contribution in [3.63, 3.8) is 0 Å². The Bertz CT molecular complexity index is 406. The second-order valence-corrected chi connectivity index (χ2v) is 4.87. The summed E-state index contributed by atoms with van der Waals surface area (Å²) in [4.78, 5) is 11.9. The normalized spacial score (nSPS) is 20.0. The molecule has 2 unspecified atom stereocenters. The molecule has 0 saturated carbocycles. The Morgan fingerprint density at radius 1 is 1.56 bits per heavy atom. The van der Waals surface area contributed by atoms with E-state index in [-0.39, 0.29) is 30.4 Å². The number of hydrogen-bond donors (Lipinski definition) is 2. The Morgan fingerprint density at radius 3 is 2.94 bits per heavy atom. The molecule has 2 rings (SSSR count). The molecule has 0 bridgehead atoms. The van der Waals surface area contributed by atoms with Crippen LogP contribution in [0.5, 0.6) is 0 Å². The Balaban J connectivity index is 0.00000162. The first-order chi connectivity index (χ1) is 8.16. The number of halogens is 2. The molecular formula is C13H18Cl2N2O. The molecule has 1 heterocycles. The number of carbonyl (C=O) groups excluding carboxylic acids is 1. The van der Waals surface area contributed by atoms with Crippen LogP contribution in [0.25, 0.3) is 0 Å². The minimum Gasteiger partial charge on any atom is -0.348 e. The van der Waals surface area contributed by atoms with Gasteiger partial charge in [0.25, 0.3) is 0 Å². The van der Waals surface area contributed by atoms with Crippen molar-refractivity contribution in [3.8, 4) is 0 Å². The van der Waals surface area contributed by atoms with Crippen LogP contribution in [-0.2, 0) is 4.79 Å². The third kappa shape index (κ3) is 3.87. The highest BCUT2D eigenvalue weighted by Gasteiger charge is 2.23. The monoisotopic (exact) mass is 288 g/mol. The third-order valence-corrected chi connectivity index (χ3v) is 3.32. The maximum absolute atomic E-state index is 11.9. The molecule has 1 saturated heterocycles. The van der Waals surface area contributed by atoms with Gasteiger partial charge in [0.15, 0.2) is 0 Å². The van der Waals surface area contributed by atoms with E-state index in [2.05, 4.69) is 10.6 Å². The van der Waals surface area contributed by atoms with Gasteiger partial charge in [0.05, 0.1) is 12.1 Å². The molecule has 100 valence electrons. The van der Waals surface area contributed by atoms with E-state index in [4.69, 9.17) is 11.6 Å². The molecule has 2 N–H and O–H groups in total. The van der Waals surface area contributed by atoms with Gasteiger partial charge < -0.3 is 10.6 Å². The van der Waals surface area contributed by atoms with E-state index in [0.29, 0.717) is 5.02 Å². The molecule has 1 fully saturated rings. The summed E-state index contributed by atoms with van der Waals surface area (Å²) >= 11 is 5.93. The van der Waals surface area contributed by atoms with Gasteiger partial charge in [-0.3, -0.25) is 4.79 Å². The van der Waals surface area contributed by atoms with Crippen LogP contribution in [0.4, 0.5) is 0 Å². The predicted octanol–water partition coefficient (Wildman–Crippen LogP) is 2.69. The van der Waals surface area contributed by atoms with Crippen LogP contribution in [0.3, 0.4) is 0 Å². The van der Waals surface area contributed by atoms with Gasteiger partial charge in [0.1, 0.15) is 0 Å². The maximum Gasteiger partial charge on any atom is 0.237 e. The highest BCUT2D eigenvalue weighted by Crippen LogP contribution is 2.17. The molecule has 2 atom stereocenters. The van der Waals surface area contributed by atoms with Gasteiger partial charge in [-0.1, -0.05) is 23.7 Å². The van der Waals surface area contributed by atoms with Crippen molar-refractivity contribution in [1.29, 1.82) is 0 Å². The predicted molar refractivity (Wildman–Crippen MR) is 76.3 cm³/mol. The SMILES string of the molecule is CC(NC(=O)C1CCCN1)c1cccc(Cl)c1.Cl. The lowest BCUT2D eigenvalue weighted by molar-refractivity contribution is -0.123. The van der Waals surface area contributed by atoms with Crippen molar-refractivity contribution in [2.45, 2.75) is 31.8 Å². The number of nitrogens with one attached hydrogen (secondary N) is 2. The molecule has 18 heavy (non-hydrogen) atoms. The molecule has 0 aliphatic carbocycles. The molecule has 1 aliphatic heterocycles. The van der Waals surface area contributed by atoms with Crippen LogP contribution in [-0.4, -0.2) is 18.5 Å². The number of rotatable bonds is 3. The van der Waals surface area contributed by atoms with Gasteiger partial charge in [0, 0.05) is 5.02 Å². The minimum absolute atomic E-state index is 0. The lowest BCUT2D eigenvalue weighted by Gasteiger charge is -2.17. The molecule has 0 radical (unpaired) electrons. The lowest BCUT2D eigenvalue weighted by Crippen LogP contribution is -2.41. The molecule has 1 aromatic carbocycles. The maximum atomic E-state index is 11.9. The summed E-state index contributed by atoms with van der Waals surface area (Å²) in [7, 11) is 0. The Morgan fingerprint density at radius 2 is 2.33 bits per heavy atom. The Hall–Kier alpha value is -0.770. The summed E-state index contributed by atoms with van der Waals surface area (Å²) in [5, 5.41) is 6.89. The Kier molecular flexibility index (Phi) is 5.93. The molecule has 5 heteroatoms. The Labute approximate surface area is 119 Å². The zero-order chi connectivity index (χ0) is 12.3. The summed E-state index contributed by atoms with van der Waals surface area (Å²) in [6, 6.07) is 7.54. The van der Waals surface area contributed by atoms with E-state index in [1.165, 1.54) is 0 Å². The van der Waals surface area contributed by atoms with Gasteiger partial charge >= 0.3 is 0 Å². The zero-order valence-electron chi connectivity index (χ0n) is 10.3. The standard InChI is InChI=1S/C13H17ClN2O.ClH/c1-9(10-4-2-5-11(14)8-10)16-13(17)12-6-3-7-15-12;/h2,4-5,8-9,12,15H,3,6-7H2,1H3,(H,16,17);1H. The average molecular weight is 289 g/mol. The van der Waals surface area contributed by atoms with E-state index in [1.54, 1.807) is 0 Å². The number of hydrogen-bond acceptors (Lipinski definition) is 2. The topological polar surface area (TPSA) is 41.1 Å². The van der Waals surface area contributed by atoms with Gasteiger partial charge in [-0.15, -0.1) is 12.4 Å². The van der Waals surface area contributed by atoms with Crippen LogP contribution >= 0.6 is 24.0 Å². The first-order valence-corrected chi connectivity index (χ1v) is 6.34. The van der Waals surface area contributed by atoms with Gasteiger partial charge in [0.2, 0.25) is 5.91 Å². The van der Waals surface area contributed by atoms with Gasteiger partial charge in [-0.25, -0.2) is 0 Å². The molecule has 1 aliphatic rings. The summed E-state index contributed by atoms with van der Waals surface area (Å²) in [6.07, 6.45) is 2.00. The summed E-state index contributed by atoms with van der Waals surface area (Å²) in [6.45, 7) is 2.90. The summed E-state index contributed by atoms with van der Waals surface area (Å²) in [5.74, 6) is 0.0787. The quantitative estimate of drug-likeness (QED) is 0.898. The lowest BCUT2D eigenvalue weighted by atomic mass is 10.1. The van der Waals surface area contributed by atoms with Crippen LogP contribution in [0.2, 0.25) is 5.02 Å². The van der Waals surface area contributed by atoms with E-state index < -0.39 is 0 Å². The molecule has 1 amide bonds. The second-order valence-electron chi connectivity index (χ2n) is 4.43. The fourth-order valence-corrected chi connectivity index (χ4v) is 2.28. The number of amides is 1. The smallest absolute Gasteiger partial charge is 0.237 e. The van der Waals surface area contributed by atoms with Crippen molar-refractivity contribution in [3.05, 3.63) is 34.9 Å². The molecular weight excluding hydrogens is 271 g/mol. The van der Waals surface area contributed by atoms with Gasteiger partial charge in [-0.2, -0.15) is 0 Å². The van der Waals surface area contributed by atoms with E-state index in [1.807, 2.05) is 31.2 Å². The zero-order valence-corrected chi connectivity index (χ0v) is 11.9. The van der Waals surface area contributed by atoms with Crippen molar-refractivity contribution in [2.75, 3.05) is 6.54 Å². The first kappa shape index (κ1) is 15.3. The average Bonchev–Trinajstić information content (AvgIpc) is 2.82. The fourth-order valence-electron chi connectivity index (χ4n) is 2.08. The highest BCUT2D eigenvalue weighted by molar-refractivity contribution is 6.30. The molecule has 0 spiro atoms. The minimum atomic E-state index is -0.0309. The largest absolute Gasteiger partial charge is 0.348 e. The van der Waals surface area contributed by atoms with Crippen molar-refractivity contribution in [2.24, 2.45) is 0 Å². The second kappa shape index (κ2) is 6.98. The molecule has 3 nitrogen and oxygen atoms in total. The number of benzene rings is 1. The van der Waals surface area contributed by atoms with Crippen LogP contribution in [0.15, 0.2) is 24.3 Å². The summed E-state index contributed by atoms with van der Waals surface area (Å²) < 4.78 is 0. The van der Waals surface area contributed by atoms with Crippen LogP contribution in [0.1, 0.15) is 31.4 Å². The van der Waals surface area contributed by atoms with E-state index in [0.717, 1.165) is 24.9 Å². The fraction of sp³-hybridized carbons (Fsp3) is 0.462. The third-order valence-electron chi connectivity index (χ3n) is 3.08.